The zero-order valence-corrected chi connectivity index (χ0v) is 10.1. The van der Waals surface area contributed by atoms with E-state index < -0.39 is 0 Å². The third-order valence-corrected chi connectivity index (χ3v) is 4.21. The van der Waals surface area contributed by atoms with Gasteiger partial charge in [-0.15, -0.1) is 11.3 Å². The third-order valence-electron chi connectivity index (χ3n) is 2.13. The highest BCUT2D eigenvalue weighted by atomic mass is 127. The first-order valence-electron chi connectivity index (χ1n) is 4.00. The van der Waals surface area contributed by atoms with Crippen molar-refractivity contribution >= 4 is 44.0 Å². The highest BCUT2D eigenvalue weighted by molar-refractivity contribution is 14.1. The smallest absolute Gasteiger partial charge is 0.0698 e. The average Bonchev–Trinajstić information content (AvgIpc) is 2.49. The van der Waals surface area contributed by atoms with Gasteiger partial charge in [0, 0.05) is 13.7 Å². The normalized spacial score (nSPS) is 11.0. The van der Waals surface area contributed by atoms with Gasteiger partial charge < -0.3 is 5.11 Å². The lowest BCUT2D eigenvalue weighted by molar-refractivity contribution is 0.282. The molecule has 13 heavy (non-hydrogen) atoms. The molecule has 0 radical (unpaired) electrons. The Morgan fingerprint density at radius 3 is 2.92 bits per heavy atom. The van der Waals surface area contributed by atoms with E-state index in [-0.39, 0.29) is 6.61 Å². The highest BCUT2D eigenvalue weighted by Gasteiger charge is 2.08. The van der Waals surface area contributed by atoms with Crippen molar-refractivity contribution in [3.8, 4) is 0 Å². The van der Waals surface area contributed by atoms with Crippen LogP contribution in [-0.2, 0) is 6.61 Å². The van der Waals surface area contributed by atoms with Crippen LogP contribution in [0.5, 0.6) is 0 Å². The second kappa shape index (κ2) is 3.55. The Balaban J connectivity index is 2.88. The fraction of sp³-hybridized carbons (Fsp3) is 0.200. The minimum atomic E-state index is 0.132. The lowest BCUT2D eigenvalue weighted by Crippen LogP contribution is -1.89. The van der Waals surface area contributed by atoms with Crippen LogP contribution in [-0.4, -0.2) is 5.11 Å². The van der Waals surface area contributed by atoms with Crippen LogP contribution in [0, 0.1) is 10.5 Å². The van der Waals surface area contributed by atoms with Crippen molar-refractivity contribution in [3.63, 3.8) is 0 Å². The molecule has 0 spiro atoms. The van der Waals surface area contributed by atoms with Crippen molar-refractivity contribution in [1.82, 2.24) is 0 Å². The molecule has 0 bridgehead atoms. The van der Waals surface area contributed by atoms with Crippen LogP contribution in [0.3, 0.4) is 0 Å². The van der Waals surface area contributed by atoms with E-state index in [4.69, 9.17) is 0 Å². The predicted molar refractivity (Wildman–Crippen MR) is 65.2 cm³/mol. The van der Waals surface area contributed by atoms with Gasteiger partial charge in [-0.25, -0.2) is 0 Å². The van der Waals surface area contributed by atoms with Crippen LogP contribution in [0.1, 0.15) is 11.1 Å². The van der Waals surface area contributed by atoms with Gasteiger partial charge in [-0.05, 0) is 58.2 Å². The van der Waals surface area contributed by atoms with Gasteiger partial charge in [-0.2, -0.15) is 0 Å². The Hall–Kier alpha value is -0.130. The lowest BCUT2D eigenvalue weighted by Gasteiger charge is -2.03. The summed E-state index contributed by atoms with van der Waals surface area (Å²) in [4.78, 5) is 0. The van der Waals surface area contributed by atoms with Crippen LogP contribution in [0.2, 0.25) is 0 Å². The van der Waals surface area contributed by atoms with Gasteiger partial charge in [0.2, 0.25) is 0 Å². The topological polar surface area (TPSA) is 20.2 Å². The molecule has 0 saturated carbocycles. The van der Waals surface area contributed by atoms with E-state index in [0.29, 0.717) is 0 Å². The van der Waals surface area contributed by atoms with Crippen molar-refractivity contribution in [3.05, 3.63) is 32.2 Å². The number of aliphatic hydroxyl groups excluding tert-OH is 1. The Morgan fingerprint density at radius 2 is 2.23 bits per heavy atom. The first-order valence-corrected chi connectivity index (χ1v) is 5.96. The largest absolute Gasteiger partial charge is 0.392 e. The molecule has 0 atom stereocenters. The van der Waals surface area contributed by atoms with Crippen molar-refractivity contribution in [2.45, 2.75) is 13.5 Å². The van der Waals surface area contributed by atoms with E-state index in [1.165, 1.54) is 15.6 Å². The standard InChI is InChI=1S/C10H9IOS/c1-6-5-13-9-3-2-8(11)7(4-12)10(6)9/h2-3,5,12H,4H2,1H3. The van der Waals surface area contributed by atoms with E-state index >= 15 is 0 Å². The van der Waals surface area contributed by atoms with Gasteiger partial charge in [0.25, 0.3) is 0 Å². The van der Waals surface area contributed by atoms with E-state index in [1.54, 1.807) is 11.3 Å². The first-order chi connectivity index (χ1) is 6.24. The molecule has 3 heteroatoms. The SMILES string of the molecule is Cc1csc2ccc(I)c(CO)c12. The number of halogens is 1. The Morgan fingerprint density at radius 1 is 1.46 bits per heavy atom. The minimum Gasteiger partial charge on any atom is -0.392 e. The summed E-state index contributed by atoms with van der Waals surface area (Å²) < 4.78 is 2.41. The molecule has 0 aliphatic carbocycles. The lowest BCUT2D eigenvalue weighted by atomic mass is 10.1. The maximum Gasteiger partial charge on any atom is 0.0698 e. The maximum atomic E-state index is 9.26. The molecule has 1 nitrogen and oxygen atoms in total. The molecule has 0 amide bonds. The summed E-state index contributed by atoms with van der Waals surface area (Å²) in [6.07, 6.45) is 0. The zero-order valence-electron chi connectivity index (χ0n) is 7.17. The van der Waals surface area contributed by atoms with Crippen LogP contribution in [0.4, 0.5) is 0 Å². The van der Waals surface area contributed by atoms with Crippen molar-refractivity contribution in [2.24, 2.45) is 0 Å². The summed E-state index contributed by atoms with van der Waals surface area (Å²) in [6, 6.07) is 4.18. The predicted octanol–water partition coefficient (Wildman–Crippen LogP) is 3.31. The van der Waals surface area contributed by atoms with Gasteiger partial charge in [-0.3, -0.25) is 0 Å². The number of hydrogen-bond donors (Lipinski definition) is 1. The number of aryl methyl sites for hydroxylation is 1. The minimum absolute atomic E-state index is 0.132. The van der Waals surface area contributed by atoms with E-state index in [1.807, 2.05) is 0 Å². The van der Waals surface area contributed by atoms with Gasteiger partial charge in [0.1, 0.15) is 0 Å². The van der Waals surface area contributed by atoms with Crippen molar-refractivity contribution in [2.75, 3.05) is 0 Å². The Labute approximate surface area is 94.5 Å². The molecular weight excluding hydrogens is 295 g/mol. The van der Waals surface area contributed by atoms with Gasteiger partial charge in [-0.1, -0.05) is 0 Å². The molecule has 1 aromatic heterocycles. The monoisotopic (exact) mass is 304 g/mol. The Kier molecular flexibility index (Phi) is 2.58. The quantitative estimate of drug-likeness (QED) is 0.802. The zero-order chi connectivity index (χ0) is 9.42. The molecule has 1 N–H and O–H groups in total. The Bertz CT molecular complexity index is 447. The summed E-state index contributed by atoms with van der Waals surface area (Å²) >= 11 is 4.01. The van der Waals surface area contributed by atoms with Gasteiger partial charge >= 0.3 is 0 Å². The fourth-order valence-electron chi connectivity index (χ4n) is 1.50. The summed E-state index contributed by atoms with van der Waals surface area (Å²) in [5.74, 6) is 0. The van der Waals surface area contributed by atoms with Crippen LogP contribution < -0.4 is 0 Å². The molecule has 68 valence electrons. The number of fused-ring (bicyclic) bond motifs is 1. The summed E-state index contributed by atoms with van der Waals surface area (Å²) in [7, 11) is 0. The molecule has 0 aliphatic rings. The van der Waals surface area contributed by atoms with E-state index in [0.717, 1.165) is 9.13 Å². The van der Waals surface area contributed by atoms with Crippen LogP contribution in [0.25, 0.3) is 10.1 Å². The molecule has 2 rings (SSSR count). The average molecular weight is 304 g/mol. The van der Waals surface area contributed by atoms with E-state index in [9.17, 15) is 5.11 Å². The number of thiophene rings is 1. The molecule has 0 fully saturated rings. The van der Waals surface area contributed by atoms with Gasteiger partial charge in [0.15, 0.2) is 0 Å². The second-order valence-corrected chi connectivity index (χ2v) is 5.05. The summed E-state index contributed by atoms with van der Waals surface area (Å²) in [5, 5.41) is 12.6. The highest BCUT2D eigenvalue weighted by Crippen LogP contribution is 2.31. The molecule has 1 heterocycles. The van der Waals surface area contributed by atoms with Crippen LogP contribution in [0.15, 0.2) is 17.5 Å². The number of aliphatic hydroxyl groups is 1. The summed E-state index contributed by atoms with van der Waals surface area (Å²) in [6.45, 7) is 2.22. The number of hydrogen-bond acceptors (Lipinski definition) is 2. The molecular formula is C10H9IOS. The number of benzene rings is 1. The second-order valence-electron chi connectivity index (χ2n) is 2.98. The number of rotatable bonds is 1. The van der Waals surface area contributed by atoms with Crippen molar-refractivity contribution < 1.29 is 5.11 Å². The molecule has 1 aromatic carbocycles. The van der Waals surface area contributed by atoms with E-state index in [2.05, 4.69) is 47.0 Å². The maximum absolute atomic E-state index is 9.26. The molecule has 0 unspecified atom stereocenters. The first kappa shape index (κ1) is 9.43. The molecule has 0 saturated heterocycles. The molecule has 0 aliphatic heterocycles. The third kappa shape index (κ3) is 1.49. The summed E-state index contributed by atoms with van der Waals surface area (Å²) in [5.41, 5.74) is 2.33. The van der Waals surface area contributed by atoms with Crippen LogP contribution >= 0.6 is 33.9 Å². The van der Waals surface area contributed by atoms with Crippen molar-refractivity contribution in [1.29, 1.82) is 0 Å². The van der Waals surface area contributed by atoms with Gasteiger partial charge in [0.05, 0.1) is 6.61 Å². The molecule has 2 aromatic rings. The fourth-order valence-corrected chi connectivity index (χ4v) is 3.09.